The first kappa shape index (κ1) is 18.9. The van der Waals surface area contributed by atoms with Crippen LogP contribution in [-0.4, -0.2) is 51.4 Å². The first-order chi connectivity index (χ1) is 11.3. The molecule has 7 heteroatoms. The molecule has 1 aromatic carbocycles. The van der Waals surface area contributed by atoms with Crippen molar-refractivity contribution in [1.29, 1.82) is 0 Å². The lowest BCUT2D eigenvalue weighted by atomic mass is 10.0. The predicted octanol–water partition coefficient (Wildman–Crippen LogP) is 1.59. The van der Waals surface area contributed by atoms with Crippen LogP contribution >= 0.6 is 0 Å². The Kier molecular flexibility index (Phi) is 6.37. The highest BCUT2D eigenvalue weighted by molar-refractivity contribution is 7.89. The number of carbonyl (C=O) groups excluding carboxylic acids is 1. The summed E-state index contributed by atoms with van der Waals surface area (Å²) in [6.45, 7) is 5.69. The molecule has 1 aliphatic heterocycles. The lowest BCUT2D eigenvalue weighted by Gasteiger charge is -2.29. The number of hydrogen-bond acceptors (Lipinski definition) is 4. The molecule has 134 valence electrons. The number of nitrogens with zero attached hydrogens (tertiary/aromatic N) is 1. The van der Waals surface area contributed by atoms with Gasteiger partial charge in [-0.05, 0) is 70.6 Å². The van der Waals surface area contributed by atoms with Gasteiger partial charge in [0.1, 0.15) is 0 Å². The smallest absolute Gasteiger partial charge is 0.251 e. The first-order valence-corrected chi connectivity index (χ1v) is 9.92. The summed E-state index contributed by atoms with van der Waals surface area (Å²) in [5.41, 5.74) is 0.483. The maximum atomic E-state index is 12.3. The summed E-state index contributed by atoms with van der Waals surface area (Å²) in [7, 11) is -1.46. The summed E-state index contributed by atoms with van der Waals surface area (Å²) in [4.78, 5) is 14.7. The molecule has 0 aromatic heterocycles. The Morgan fingerprint density at radius 1 is 1.25 bits per heavy atom. The van der Waals surface area contributed by atoms with Crippen LogP contribution in [0.1, 0.15) is 43.5 Å². The van der Waals surface area contributed by atoms with E-state index in [1.54, 1.807) is 12.1 Å². The molecule has 0 spiro atoms. The minimum Gasteiger partial charge on any atom is -0.349 e. The van der Waals surface area contributed by atoms with Gasteiger partial charge in [0.2, 0.25) is 10.0 Å². The van der Waals surface area contributed by atoms with E-state index in [9.17, 15) is 13.2 Å². The van der Waals surface area contributed by atoms with Crippen molar-refractivity contribution in [3.05, 3.63) is 29.8 Å². The van der Waals surface area contributed by atoms with Crippen LogP contribution < -0.4 is 10.0 Å². The number of likely N-dealkylation sites (tertiary alicyclic amines) is 1. The fourth-order valence-corrected chi connectivity index (χ4v) is 3.95. The van der Waals surface area contributed by atoms with Crippen LogP contribution in [0.2, 0.25) is 0 Å². The fourth-order valence-electron chi connectivity index (χ4n) is 2.62. The molecule has 1 fully saturated rings. The molecular weight excluding hydrogens is 326 g/mol. The average Bonchev–Trinajstić information content (AvgIpc) is 2.56. The molecule has 0 bridgehead atoms. The van der Waals surface area contributed by atoms with Crippen LogP contribution in [0.15, 0.2) is 29.2 Å². The van der Waals surface area contributed by atoms with Crippen LogP contribution in [0.3, 0.4) is 0 Å². The van der Waals surface area contributed by atoms with Crippen molar-refractivity contribution in [2.45, 2.75) is 50.1 Å². The Balaban J connectivity index is 1.99. The monoisotopic (exact) mass is 353 g/mol. The third-order valence-electron chi connectivity index (χ3n) is 4.45. The third-order valence-corrected chi connectivity index (χ3v) is 6.05. The fraction of sp³-hybridized carbons (Fsp3) is 0.588. The molecule has 2 N–H and O–H groups in total. The molecule has 1 saturated heterocycles. The van der Waals surface area contributed by atoms with Crippen molar-refractivity contribution < 1.29 is 13.2 Å². The lowest BCUT2D eigenvalue weighted by Crippen LogP contribution is -2.43. The Hall–Kier alpha value is -1.44. The molecule has 1 atom stereocenters. The summed E-state index contributed by atoms with van der Waals surface area (Å²) in [6.07, 6.45) is 2.59. The number of rotatable bonds is 6. The highest BCUT2D eigenvalue weighted by Gasteiger charge is 2.20. The van der Waals surface area contributed by atoms with Crippen LogP contribution in [0.4, 0.5) is 0 Å². The van der Waals surface area contributed by atoms with Crippen molar-refractivity contribution in [2.24, 2.45) is 0 Å². The molecule has 0 saturated carbocycles. The van der Waals surface area contributed by atoms with Crippen molar-refractivity contribution in [3.63, 3.8) is 0 Å². The van der Waals surface area contributed by atoms with Gasteiger partial charge < -0.3 is 10.2 Å². The van der Waals surface area contributed by atoms with Gasteiger partial charge in [-0.3, -0.25) is 4.79 Å². The second kappa shape index (κ2) is 8.09. The molecule has 1 heterocycles. The van der Waals surface area contributed by atoms with E-state index in [0.29, 0.717) is 5.56 Å². The maximum Gasteiger partial charge on any atom is 0.251 e. The number of nitrogens with one attached hydrogen (secondary N) is 2. The van der Waals surface area contributed by atoms with Gasteiger partial charge in [-0.15, -0.1) is 0 Å². The zero-order valence-corrected chi connectivity index (χ0v) is 15.4. The predicted molar refractivity (Wildman–Crippen MR) is 94.5 cm³/mol. The van der Waals surface area contributed by atoms with E-state index in [0.717, 1.165) is 32.4 Å². The molecule has 1 amide bonds. The zero-order valence-electron chi connectivity index (χ0n) is 14.6. The summed E-state index contributed by atoms with van der Waals surface area (Å²) in [5.74, 6) is -0.150. The Bertz CT molecular complexity index is 650. The summed E-state index contributed by atoms with van der Waals surface area (Å²) in [5, 5.41) is 3.02. The lowest BCUT2D eigenvalue weighted by molar-refractivity contribution is 0.0916. The molecule has 1 aliphatic rings. The Morgan fingerprint density at radius 3 is 2.38 bits per heavy atom. The van der Waals surface area contributed by atoms with E-state index in [1.165, 1.54) is 12.1 Å². The van der Waals surface area contributed by atoms with Gasteiger partial charge in [0.15, 0.2) is 0 Å². The average molecular weight is 353 g/mol. The molecule has 1 aromatic rings. The first-order valence-electron chi connectivity index (χ1n) is 8.43. The van der Waals surface area contributed by atoms with Crippen LogP contribution in [0.25, 0.3) is 0 Å². The normalized spacial score (nSPS) is 18.3. The highest BCUT2D eigenvalue weighted by Crippen LogP contribution is 2.13. The number of piperidine rings is 1. The maximum absolute atomic E-state index is 12.3. The molecule has 24 heavy (non-hydrogen) atoms. The van der Waals surface area contributed by atoms with E-state index in [2.05, 4.69) is 22.0 Å². The summed E-state index contributed by atoms with van der Waals surface area (Å²) in [6, 6.07) is 6.15. The second-order valence-corrected chi connectivity index (χ2v) is 8.22. The van der Waals surface area contributed by atoms with Crippen LogP contribution in [0.5, 0.6) is 0 Å². The van der Waals surface area contributed by atoms with Gasteiger partial charge in [-0.25, -0.2) is 13.1 Å². The summed E-state index contributed by atoms with van der Waals surface area (Å²) < 4.78 is 27.0. The molecular formula is C17H27N3O3S. The third kappa shape index (κ3) is 5.03. The molecule has 0 radical (unpaired) electrons. The van der Waals surface area contributed by atoms with Crippen molar-refractivity contribution in [1.82, 2.24) is 14.9 Å². The number of sulfonamides is 1. The number of hydrogen-bond donors (Lipinski definition) is 2. The van der Waals surface area contributed by atoms with E-state index in [4.69, 9.17) is 0 Å². The Morgan fingerprint density at radius 2 is 1.83 bits per heavy atom. The van der Waals surface area contributed by atoms with E-state index in [-0.39, 0.29) is 22.9 Å². The molecule has 1 unspecified atom stereocenters. The highest BCUT2D eigenvalue weighted by atomic mass is 32.2. The van der Waals surface area contributed by atoms with Gasteiger partial charge in [-0.1, -0.05) is 6.92 Å². The largest absolute Gasteiger partial charge is 0.349 e. The SMILES string of the molecule is CCC(C)NS(=O)(=O)c1ccc(C(=O)NC2CCN(C)CC2)cc1. The molecule has 2 rings (SSSR count). The van der Waals surface area contributed by atoms with Gasteiger partial charge >= 0.3 is 0 Å². The topological polar surface area (TPSA) is 78.5 Å². The van der Waals surface area contributed by atoms with Crippen LogP contribution in [0, 0.1) is 0 Å². The minimum absolute atomic E-state index is 0.123. The second-order valence-electron chi connectivity index (χ2n) is 6.51. The minimum atomic E-state index is -3.53. The van der Waals surface area contributed by atoms with Crippen molar-refractivity contribution in [2.75, 3.05) is 20.1 Å². The summed E-state index contributed by atoms with van der Waals surface area (Å²) >= 11 is 0. The molecule has 0 aliphatic carbocycles. The van der Waals surface area contributed by atoms with E-state index < -0.39 is 10.0 Å². The van der Waals surface area contributed by atoms with Gasteiger partial charge in [0.25, 0.3) is 5.91 Å². The van der Waals surface area contributed by atoms with Crippen molar-refractivity contribution in [3.8, 4) is 0 Å². The zero-order chi connectivity index (χ0) is 17.7. The van der Waals surface area contributed by atoms with E-state index >= 15 is 0 Å². The quantitative estimate of drug-likeness (QED) is 0.814. The number of carbonyl (C=O) groups is 1. The molecule has 6 nitrogen and oxygen atoms in total. The van der Waals surface area contributed by atoms with Gasteiger partial charge in [-0.2, -0.15) is 0 Å². The van der Waals surface area contributed by atoms with Crippen LogP contribution in [-0.2, 0) is 10.0 Å². The number of benzene rings is 1. The number of amides is 1. The van der Waals surface area contributed by atoms with Crippen molar-refractivity contribution >= 4 is 15.9 Å². The van der Waals surface area contributed by atoms with Gasteiger partial charge in [0.05, 0.1) is 4.90 Å². The van der Waals surface area contributed by atoms with Gasteiger partial charge in [0, 0.05) is 17.6 Å². The standard InChI is InChI=1S/C17H27N3O3S/c1-4-13(2)19-24(22,23)16-7-5-14(6-8-16)17(21)18-15-9-11-20(3)12-10-15/h5-8,13,15,19H,4,9-12H2,1-3H3,(H,18,21). The Labute approximate surface area is 144 Å². The van der Waals surface area contributed by atoms with E-state index in [1.807, 2.05) is 13.8 Å².